The van der Waals surface area contributed by atoms with Gasteiger partial charge in [0.1, 0.15) is 28.2 Å². The van der Waals surface area contributed by atoms with Crippen LogP contribution in [0, 0.1) is 0 Å². The highest BCUT2D eigenvalue weighted by Crippen LogP contribution is 2.46. The summed E-state index contributed by atoms with van der Waals surface area (Å²) in [5, 5.41) is 24.6. The Balaban J connectivity index is 0.000000242. The topological polar surface area (TPSA) is 237 Å². The van der Waals surface area contributed by atoms with Crippen molar-refractivity contribution in [2.24, 2.45) is 0 Å². The van der Waals surface area contributed by atoms with Gasteiger partial charge in [0.2, 0.25) is 20.3 Å². The Morgan fingerprint density at radius 3 is 1.60 bits per heavy atom. The first-order valence-electron chi connectivity index (χ1n) is 20.3. The highest BCUT2D eigenvalue weighted by molar-refractivity contribution is 7.92. The predicted octanol–water partition coefficient (Wildman–Crippen LogP) is 8.08. The fourth-order valence-corrected chi connectivity index (χ4v) is 8.96. The zero-order valence-corrected chi connectivity index (χ0v) is 37.0. The standard InChI is InChI=1S/C24H28N2O7S2.C22H26N2O3/c1-4-20(16-8-6-11-19(12-16)26-35(3,31)32)22-21(27)14-24(5-2,33-23(22)28)17-9-7-10-18(13-17)25-15-34(29)30;1-3-18(14-7-5-9-16(23)11-14)20-19(25)13-22(4-2,27-21(20)26)15-8-6-10-17(24)12-15/h6-13,15,20,25-27H,4-5,14H2,1-3H3;5-12,18,25H,3-4,13,23-24H2,1-2H3. The van der Waals surface area contributed by atoms with Crippen LogP contribution in [0.2, 0.25) is 0 Å². The quantitative estimate of drug-likeness (QED) is 0.0400. The summed E-state index contributed by atoms with van der Waals surface area (Å²) in [6.45, 7) is 7.61. The van der Waals surface area contributed by atoms with Crippen molar-refractivity contribution < 1.29 is 46.1 Å². The summed E-state index contributed by atoms with van der Waals surface area (Å²) in [5.74, 6) is -1.94. The molecule has 2 aliphatic rings. The van der Waals surface area contributed by atoms with E-state index in [1.165, 1.54) is 0 Å². The van der Waals surface area contributed by atoms with Crippen molar-refractivity contribution in [3.05, 3.63) is 142 Å². The molecule has 0 bridgehead atoms. The molecule has 0 spiro atoms. The summed E-state index contributed by atoms with van der Waals surface area (Å²) in [6, 6.07) is 28.2. The van der Waals surface area contributed by atoms with Crippen LogP contribution in [0.15, 0.2) is 120 Å². The summed E-state index contributed by atoms with van der Waals surface area (Å²) in [4.78, 5) is 26.3. The molecule has 0 saturated carbocycles. The van der Waals surface area contributed by atoms with Crippen LogP contribution in [-0.2, 0) is 50.6 Å². The fourth-order valence-electron chi connectivity index (χ4n) is 8.17. The van der Waals surface area contributed by atoms with Gasteiger partial charge in [0, 0.05) is 47.4 Å². The molecule has 330 valence electrons. The van der Waals surface area contributed by atoms with E-state index in [-0.39, 0.29) is 35.9 Å². The minimum atomic E-state index is -3.48. The van der Waals surface area contributed by atoms with E-state index in [1.807, 2.05) is 58.0 Å². The van der Waals surface area contributed by atoms with Gasteiger partial charge in [-0.05, 0) is 96.5 Å². The first-order chi connectivity index (χ1) is 29.4. The van der Waals surface area contributed by atoms with E-state index in [1.54, 1.807) is 66.7 Å². The molecule has 0 radical (unpaired) electrons. The lowest BCUT2D eigenvalue weighted by molar-refractivity contribution is -0.162. The van der Waals surface area contributed by atoms with Crippen molar-refractivity contribution in [3.8, 4) is 0 Å². The van der Waals surface area contributed by atoms with E-state index in [2.05, 4.69) is 10.0 Å². The molecule has 16 heteroatoms. The largest absolute Gasteiger partial charge is 0.512 e. The van der Waals surface area contributed by atoms with Gasteiger partial charge in [-0.15, -0.1) is 0 Å². The maximum absolute atomic E-state index is 13.3. The van der Waals surface area contributed by atoms with Gasteiger partial charge in [-0.25, -0.2) is 18.0 Å². The smallest absolute Gasteiger partial charge is 0.338 e. The molecule has 0 aromatic heterocycles. The molecule has 2 heterocycles. The van der Waals surface area contributed by atoms with Gasteiger partial charge in [-0.3, -0.25) is 4.72 Å². The summed E-state index contributed by atoms with van der Waals surface area (Å²) in [7, 11) is -5.87. The number of carbonyl (C=O) groups excluding carboxylic acids is 2. The van der Waals surface area contributed by atoms with Crippen LogP contribution in [0.1, 0.15) is 100 Å². The number of esters is 2. The lowest BCUT2D eigenvalue weighted by Gasteiger charge is -2.38. The van der Waals surface area contributed by atoms with Gasteiger partial charge in [-0.1, -0.05) is 76.2 Å². The lowest BCUT2D eigenvalue weighted by Crippen LogP contribution is -2.38. The second-order valence-electron chi connectivity index (χ2n) is 15.4. The Hall–Kier alpha value is -6.26. The molecule has 0 amide bonds. The summed E-state index contributed by atoms with van der Waals surface area (Å²) >= 11 is 0. The minimum absolute atomic E-state index is 0.0446. The van der Waals surface area contributed by atoms with Gasteiger partial charge in [0.25, 0.3) is 0 Å². The lowest BCUT2D eigenvalue weighted by atomic mass is 9.80. The summed E-state index contributed by atoms with van der Waals surface area (Å²) in [5.41, 5.74) is 16.2. The highest BCUT2D eigenvalue weighted by atomic mass is 32.2. The molecule has 0 saturated heterocycles. The molecule has 4 atom stereocenters. The van der Waals surface area contributed by atoms with Crippen LogP contribution in [0.5, 0.6) is 0 Å². The van der Waals surface area contributed by atoms with E-state index in [9.17, 15) is 36.6 Å². The Morgan fingerprint density at radius 1 is 0.694 bits per heavy atom. The number of carbonyl (C=O) groups is 2. The average molecular weight is 887 g/mol. The number of nitrogens with two attached hydrogens (primary N) is 2. The van der Waals surface area contributed by atoms with Crippen LogP contribution < -0.4 is 21.5 Å². The average Bonchev–Trinajstić information content (AvgIpc) is 3.22. The number of nitrogens with one attached hydrogen (secondary N) is 2. The molecule has 0 fully saturated rings. The van der Waals surface area contributed by atoms with Crippen molar-refractivity contribution in [3.63, 3.8) is 0 Å². The number of hydrogen-bond acceptors (Lipinski definition) is 12. The number of nitrogen functional groups attached to an aromatic ring is 2. The number of aliphatic hydroxyl groups excluding tert-OH is 2. The van der Waals surface area contributed by atoms with Crippen LogP contribution in [-0.4, -0.2) is 50.7 Å². The first-order valence-corrected chi connectivity index (χ1v) is 23.3. The summed E-state index contributed by atoms with van der Waals surface area (Å²) < 4.78 is 59.2. The normalized spacial score (nSPS) is 19.9. The SMILES string of the molecule is CCC(C1=C(O)CC(CC)(c2cccc(N)c2)OC1=O)c1cccc(N)c1.CCC(C1=C(O)CC(CC)(c2cccc(NC=S(=O)=O)c2)OC1=O)c1cccc(NS(C)(=O)=O)c1. The second-order valence-corrected chi connectivity index (χ2v) is 17.9. The number of anilines is 4. The number of hydrogen-bond donors (Lipinski definition) is 6. The summed E-state index contributed by atoms with van der Waals surface area (Å²) in [6.07, 6.45) is 3.36. The van der Waals surface area contributed by atoms with Gasteiger partial charge in [-0.2, -0.15) is 8.42 Å². The number of aliphatic hydroxyl groups is 2. The maximum Gasteiger partial charge on any atom is 0.338 e. The zero-order valence-electron chi connectivity index (χ0n) is 35.3. The van der Waals surface area contributed by atoms with E-state index >= 15 is 0 Å². The molecular weight excluding hydrogens is 833 g/mol. The van der Waals surface area contributed by atoms with E-state index in [0.717, 1.165) is 22.9 Å². The van der Waals surface area contributed by atoms with Crippen molar-refractivity contribution in [1.29, 1.82) is 0 Å². The van der Waals surface area contributed by atoms with E-state index < -0.39 is 49.4 Å². The van der Waals surface area contributed by atoms with Gasteiger partial charge in [0.05, 0.1) is 17.4 Å². The first kappa shape index (κ1) is 46.8. The number of benzene rings is 4. The number of ether oxygens (including phenoxy) is 2. The zero-order chi connectivity index (χ0) is 45.4. The third kappa shape index (κ3) is 10.8. The molecule has 4 unspecified atom stereocenters. The van der Waals surface area contributed by atoms with Crippen LogP contribution >= 0.6 is 0 Å². The van der Waals surface area contributed by atoms with Crippen LogP contribution in [0.25, 0.3) is 0 Å². The van der Waals surface area contributed by atoms with Gasteiger partial charge in [0.15, 0.2) is 0 Å². The number of sulfonamides is 1. The van der Waals surface area contributed by atoms with Crippen molar-refractivity contribution in [2.75, 3.05) is 27.8 Å². The van der Waals surface area contributed by atoms with Gasteiger partial charge < -0.3 is 36.5 Å². The predicted molar refractivity (Wildman–Crippen MR) is 242 cm³/mol. The molecule has 4 aromatic rings. The fraction of sp³-hybridized carbons (Fsp3) is 0.326. The van der Waals surface area contributed by atoms with Crippen LogP contribution in [0.4, 0.5) is 22.7 Å². The molecule has 2 aliphatic heterocycles. The maximum atomic E-state index is 13.3. The Morgan fingerprint density at radius 2 is 1.15 bits per heavy atom. The number of rotatable bonds is 14. The second kappa shape index (κ2) is 19.6. The molecule has 6 rings (SSSR count). The molecule has 8 N–H and O–H groups in total. The molecular formula is C46H54N4O10S2. The van der Waals surface area contributed by atoms with Crippen LogP contribution in [0.3, 0.4) is 0 Å². The van der Waals surface area contributed by atoms with Crippen molar-refractivity contribution >= 4 is 60.5 Å². The minimum Gasteiger partial charge on any atom is -0.512 e. The Labute approximate surface area is 364 Å². The molecule has 62 heavy (non-hydrogen) atoms. The molecule has 14 nitrogen and oxygen atoms in total. The van der Waals surface area contributed by atoms with Gasteiger partial charge >= 0.3 is 11.9 Å². The van der Waals surface area contributed by atoms with E-state index in [4.69, 9.17) is 20.9 Å². The highest BCUT2D eigenvalue weighted by Gasteiger charge is 2.45. The van der Waals surface area contributed by atoms with Crippen molar-refractivity contribution in [2.45, 2.75) is 89.3 Å². The molecule has 0 aliphatic carbocycles. The third-order valence-corrected chi connectivity index (χ3v) is 12.1. The Kier molecular flexibility index (Phi) is 14.8. The van der Waals surface area contributed by atoms with E-state index in [0.29, 0.717) is 65.1 Å². The molecule has 4 aromatic carbocycles. The number of cyclic esters (lactones) is 2. The Bertz CT molecular complexity index is 2640. The third-order valence-electron chi connectivity index (χ3n) is 11.2. The monoisotopic (exact) mass is 886 g/mol. The van der Waals surface area contributed by atoms with Crippen molar-refractivity contribution in [1.82, 2.24) is 0 Å².